The van der Waals surface area contributed by atoms with Crippen LogP contribution in [0.15, 0.2) is 53.6 Å². The van der Waals surface area contributed by atoms with E-state index in [4.69, 9.17) is 4.74 Å². The van der Waals surface area contributed by atoms with Gasteiger partial charge in [0.25, 0.3) is 0 Å². The maximum Gasteiger partial charge on any atom is 0.412 e. The fourth-order valence-corrected chi connectivity index (χ4v) is 4.86. The number of H-pyrrole nitrogens is 1. The summed E-state index contributed by atoms with van der Waals surface area (Å²) in [5, 5.41) is 3.59. The second-order valence-electron chi connectivity index (χ2n) is 9.89. The van der Waals surface area contributed by atoms with Crippen molar-refractivity contribution < 1.29 is 17.9 Å². The van der Waals surface area contributed by atoms with Gasteiger partial charge in [-0.1, -0.05) is 31.1 Å². The Kier molecular flexibility index (Phi) is 6.53. The van der Waals surface area contributed by atoms with Gasteiger partial charge in [-0.15, -0.1) is 0 Å². The highest BCUT2D eigenvalue weighted by atomic mass is 32.2. The second kappa shape index (κ2) is 9.25. The number of aromatic nitrogens is 2. The van der Waals surface area contributed by atoms with E-state index in [0.29, 0.717) is 22.1 Å². The fourth-order valence-electron chi connectivity index (χ4n) is 4.23. The lowest BCUT2D eigenvalue weighted by Crippen LogP contribution is -2.27. The molecule has 7 nitrogen and oxygen atoms in total. The Bertz CT molecular complexity index is 1330. The van der Waals surface area contributed by atoms with Gasteiger partial charge in [0.2, 0.25) is 0 Å². The molecule has 1 aliphatic rings. The first-order chi connectivity index (χ1) is 16.0. The molecule has 2 aromatic heterocycles. The molecule has 0 aliphatic heterocycles. The number of amides is 1. The Morgan fingerprint density at radius 1 is 1.15 bits per heavy atom. The Labute approximate surface area is 200 Å². The number of allylic oxidation sites excluding steroid dienone is 1. The molecule has 8 heteroatoms. The lowest BCUT2D eigenvalue weighted by atomic mass is 9.96. The van der Waals surface area contributed by atoms with E-state index in [-0.39, 0.29) is 0 Å². The summed E-state index contributed by atoms with van der Waals surface area (Å²) in [6.07, 6.45) is 9.29. The summed E-state index contributed by atoms with van der Waals surface area (Å²) in [7, 11) is -3.26. The van der Waals surface area contributed by atoms with Crippen LogP contribution in [0.3, 0.4) is 0 Å². The van der Waals surface area contributed by atoms with Crippen LogP contribution in [0.5, 0.6) is 0 Å². The molecule has 2 N–H and O–H groups in total. The zero-order valence-corrected chi connectivity index (χ0v) is 20.8. The van der Waals surface area contributed by atoms with Crippen LogP contribution in [-0.4, -0.2) is 36.3 Å². The Hall–Kier alpha value is -3.13. The normalized spacial score (nSPS) is 15.6. The van der Waals surface area contributed by atoms with Crippen molar-refractivity contribution >= 4 is 38.2 Å². The third kappa shape index (κ3) is 5.86. The number of hydrogen-bond donors (Lipinski definition) is 2. The summed E-state index contributed by atoms with van der Waals surface area (Å²) >= 11 is 0. The zero-order chi connectivity index (χ0) is 24.5. The SMILES string of the molecule is CC(C)(C)OC(=O)Nc1cnc2[nH]c(C(=CC3CCCC3)c3ccc(S(C)(=O)=O)cc3)cc2c1. The molecule has 1 saturated carbocycles. The second-order valence-corrected chi connectivity index (χ2v) is 11.9. The van der Waals surface area contributed by atoms with Crippen molar-refractivity contribution in [2.75, 3.05) is 11.6 Å². The van der Waals surface area contributed by atoms with E-state index in [1.165, 1.54) is 19.1 Å². The third-order valence-corrected chi connectivity index (χ3v) is 6.93. The molecule has 0 unspecified atom stereocenters. The topological polar surface area (TPSA) is 101 Å². The molecule has 1 aliphatic carbocycles. The van der Waals surface area contributed by atoms with Gasteiger partial charge in [0, 0.05) is 22.9 Å². The molecular weight excluding hydrogens is 450 g/mol. The molecule has 34 heavy (non-hydrogen) atoms. The number of anilines is 1. The molecule has 1 amide bonds. The summed E-state index contributed by atoms with van der Waals surface area (Å²) in [4.78, 5) is 20.3. The van der Waals surface area contributed by atoms with Gasteiger partial charge >= 0.3 is 6.09 Å². The average Bonchev–Trinajstić information content (AvgIpc) is 3.39. The van der Waals surface area contributed by atoms with Gasteiger partial charge in [-0.2, -0.15) is 0 Å². The molecular formula is C26H31N3O4S. The van der Waals surface area contributed by atoms with Crippen molar-refractivity contribution in [3.8, 4) is 0 Å². The highest BCUT2D eigenvalue weighted by molar-refractivity contribution is 7.90. The Morgan fingerprint density at radius 3 is 2.44 bits per heavy atom. The van der Waals surface area contributed by atoms with Crippen LogP contribution in [0, 0.1) is 5.92 Å². The summed E-state index contributed by atoms with van der Waals surface area (Å²) in [5.74, 6) is 0.480. The lowest BCUT2D eigenvalue weighted by Gasteiger charge is -2.19. The molecule has 180 valence electrons. The van der Waals surface area contributed by atoms with Crippen LogP contribution in [0.25, 0.3) is 16.6 Å². The van der Waals surface area contributed by atoms with E-state index in [2.05, 4.69) is 21.4 Å². The van der Waals surface area contributed by atoms with Crippen LogP contribution >= 0.6 is 0 Å². The van der Waals surface area contributed by atoms with Crippen LogP contribution in [-0.2, 0) is 14.6 Å². The van der Waals surface area contributed by atoms with E-state index < -0.39 is 21.5 Å². The molecule has 3 aromatic rings. The van der Waals surface area contributed by atoms with Gasteiger partial charge in [-0.25, -0.2) is 18.2 Å². The number of rotatable bonds is 5. The number of ether oxygens (including phenoxy) is 1. The van der Waals surface area contributed by atoms with E-state index >= 15 is 0 Å². The molecule has 0 atom stereocenters. The predicted molar refractivity (Wildman–Crippen MR) is 135 cm³/mol. The summed E-state index contributed by atoms with van der Waals surface area (Å²) in [5.41, 5.74) is 3.52. The highest BCUT2D eigenvalue weighted by Crippen LogP contribution is 2.33. The average molecular weight is 482 g/mol. The number of carbonyl (C=O) groups is 1. The number of fused-ring (bicyclic) bond motifs is 1. The zero-order valence-electron chi connectivity index (χ0n) is 20.0. The highest BCUT2D eigenvalue weighted by Gasteiger charge is 2.19. The van der Waals surface area contributed by atoms with Crippen molar-refractivity contribution in [2.24, 2.45) is 5.92 Å². The molecule has 0 spiro atoms. The molecule has 0 radical (unpaired) electrons. The number of benzene rings is 1. The number of pyridine rings is 1. The van der Waals surface area contributed by atoms with Gasteiger partial charge in [0.15, 0.2) is 9.84 Å². The number of hydrogen-bond acceptors (Lipinski definition) is 5. The number of carbonyl (C=O) groups excluding carboxylic acids is 1. The maximum absolute atomic E-state index is 12.1. The van der Waals surface area contributed by atoms with E-state index in [0.717, 1.165) is 35.1 Å². The number of nitrogens with one attached hydrogen (secondary N) is 2. The monoisotopic (exact) mass is 481 g/mol. The molecule has 1 fully saturated rings. The Morgan fingerprint density at radius 2 is 1.82 bits per heavy atom. The van der Waals surface area contributed by atoms with Gasteiger partial charge in [0.05, 0.1) is 16.8 Å². The molecule has 0 bridgehead atoms. The van der Waals surface area contributed by atoms with Crippen molar-refractivity contribution in [1.29, 1.82) is 0 Å². The third-order valence-electron chi connectivity index (χ3n) is 5.80. The largest absolute Gasteiger partial charge is 0.444 e. The number of aromatic amines is 1. The minimum absolute atomic E-state index is 0.299. The first-order valence-corrected chi connectivity index (χ1v) is 13.4. The predicted octanol–water partition coefficient (Wildman–Crippen LogP) is 5.94. The molecule has 1 aromatic carbocycles. The smallest absolute Gasteiger partial charge is 0.412 e. The summed E-state index contributed by atoms with van der Waals surface area (Å²) in [6.45, 7) is 5.44. The van der Waals surface area contributed by atoms with Crippen molar-refractivity contribution in [1.82, 2.24) is 9.97 Å². The van der Waals surface area contributed by atoms with Gasteiger partial charge in [-0.05, 0) is 69.4 Å². The fraction of sp³-hybridized carbons (Fsp3) is 0.385. The molecule has 0 saturated heterocycles. The lowest BCUT2D eigenvalue weighted by molar-refractivity contribution is 0.0636. The van der Waals surface area contributed by atoms with E-state index in [9.17, 15) is 13.2 Å². The summed E-state index contributed by atoms with van der Waals surface area (Å²) in [6, 6.07) is 10.9. The van der Waals surface area contributed by atoms with Gasteiger partial charge < -0.3 is 9.72 Å². The number of nitrogens with zero attached hydrogens (tertiary/aromatic N) is 1. The van der Waals surface area contributed by atoms with Crippen molar-refractivity contribution in [2.45, 2.75) is 57.0 Å². The molecule has 2 heterocycles. The first-order valence-electron chi connectivity index (χ1n) is 11.5. The maximum atomic E-state index is 12.1. The van der Waals surface area contributed by atoms with Crippen LogP contribution in [0.1, 0.15) is 57.7 Å². The Balaban J connectivity index is 1.68. The minimum atomic E-state index is -3.26. The quantitative estimate of drug-likeness (QED) is 0.470. The van der Waals surface area contributed by atoms with E-state index in [1.807, 2.05) is 45.0 Å². The van der Waals surface area contributed by atoms with Crippen LogP contribution in [0.2, 0.25) is 0 Å². The van der Waals surface area contributed by atoms with Crippen LogP contribution in [0.4, 0.5) is 10.5 Å². The standard InChI is InChI=1S/C26H31N3O4S/c1-26(2,3)33-25(30)28-20-14-19-15-23(29-24(19)27-16-20)22(13-17-7-5-6-8-17)18-9-11-21(12-10-18)34(4,31)32/h9-17H,5-8H2,1-4H3,(H,27,29)(H,28,30). The molecule has 4 rings (SSSR count). The van der Waals surface area contributed by atoms with Crippen LogP contribution < -0.4 is 5.32 Å². The van der Waals surface area contributed by atoms with Crippen molar-refractivity contribution in [3.05, 3.63) is 59.9 Å². The van der Waals surface area contributed by atoms with Gasteiger partial charge in [-0.3, -0.25) is 5.32 Å². The first kappa shape index (κ1) is 24.0. The number of sulfone groups is 1. The minimum Gasteiger partial charge on any atom is -0.444 e. The summed E-state index contributed by atoms with van der Waals surface area (Å²) < 4.78 is 29.1. The van der Waals surface area contributed by atoms with Gasteiger partial charge in [0.1, 0.15) is 11.2 Å². The van der Waals surface area contributed by atoms with Crippen molar-refractivity contribution in [3.63, 3.8) is 0 Å². The van der Waals surface area contributed by atoms with E-state index in [1.54, 1.807) is 18.3 Å².